The molecule has 146 valence electrons. The molecule has 0 aliphatic carbocycles. The van der Waals surface area contributed by atoms with Crippen molar-refractivity contribution in [2.45, 2.75) is 13.0 Å². The summed E-state index contributed by atoms with van der Waals surface area (Å²) in [6.45, 7) is 0.465. The summed E-state index contributed by atoms with van der Waals surface area (Å²) in [5, 5.41) is 3.23. The normalized spacial score (nSPS) is 11.1. The monoisotopic (exact) mass is 392 g/mol. The molecule has 2 aromatic heterocycles. The molecule has 1 amide bonds. The van der Waals surface area contributed by atoms with Crippen molar-refractivity contribution < 1.29 is 9.21 Å². The van der Waals surface area contributed by atoms with Crippen molar-refractivity contribution in [3.63, 3.8) is 0 Å². The highest BCUT2D eigenvalue weighted by Gasteiger charge is 2.20. The predicted molar refractivity (Wildman–Crippen MR) is 119 cm³/mol. The van der Waals surface area contributed by atoms with Gasteiger partial charge in [-0.05, 0) is 34.5 Å². The first-order valence-electron chi connectivity index (χ1n) is 9.93. The van der Waals surface area contributed by atoms with Crippen LogP contribution in [0, 0.1) is 0 Å². The Morgan fingerprint density at radius 3 is 2.50 bits per heavy atom. The maximum absolute atomic E-state index is 13.4. The number of fused-ring (bicyclic) bond motifs is 3. The summed E-state index contributed by atoms with van der Waals surface area (Å²) in [6.07, 6.45) is 3.65. The van der Waals surface area contributed by atoms with Gasteiger partial charge in [-0.1, -0.05) is 66.7 Å². The van der Waals surface area contributed by atoms with Crippen LogP contribution in [0.15, 0.2) is 102 Å². The second-order valence-electron chi connectivity index (χ2n) is 7.25. The van der Waals surface area contributed by atoms with Crippen LogP contribution >= 0.6 is 0 Å². The third-order valence-electron chi connectivity index (χ3n) is 5.29. The number of aromatic nitrogens is 1. The van der Waals surface area contributed by atoms with Gasteiger partial charge in [0.25, 0.3) is 0 Å². The van der Waals surface area contributed by atoms with Crippen molar-refractivity contribution in [3.05, 3.63) is 109 Å². The number of anilines is 1. The molecule has 0 fully saturated rings. The Morgan fingerprint density at radius 1 is 0.867 bits per heavy atom. The van der Waals surface area contributed by atoms with Crippen molar-refractivity contribution >= 4 is 33.5 Å². The zero-order valence-corrected chi connectivity index (χ0v) is 16.4. The first-order valence-corrected chi connectivity index (χ1v) is 9.93. The molecule has 0 N–H and O–H groups in total. The van der Waals surface area contributed by atoms with Gasteiger partial charge in [0.1, 0.15) is 11.4 Å². The Morgan fingerprint density at radius 2 is 1.67 bits per heavy atom. The molecule has 0 radical (unpaired) electrons. The van der Waals surface area contributed by atoms with Crippen LogP contribution in [0.5, 0.6) is 0 Å². The minimum absolute atomic E-state index is 0.0202. The molecule has 30 heavy (non-hydrogen) atoms. The number of pyridine rings is 1. The van der Waals surface area contributed by atoms with E-state index < -0.39 is 0 Å². The molecule has 0 saturated heterocycles. The predicted octanol–water partition coefficient (Wildman–Crippen LogP) is 5.76. The molecule has 5 rings (SSSR count). The summed E-state index contributed by atoms with van der Waals surface area (Å²) < 4.78 is 5.78. The molecule has 3 aromatic carbocycles. The van der Waals surface area contributed by atoms with Crippen LogP contribution in [0.25, 0.3) is 21.7 Å². The smallest absolute Gasteiger partial charge is 0.233 e. The van der Waals surface area contributed by atoms with Crippen LogP contribution in [-0.2, 0) is 17.8 Å². The second-order valence-corrected chi connectivity index (χ2v) is 7.25. The molecule has 0 spiro atoms. The maximum Gasteiger partial charge on any atom is 0.233 e. The lowest BCUT2D eigenvalue weighted by Crippen LogP contribution is -2.32. The summed E-state index contributed by atoms with van der Waals surface area (Å²) in [6, 6.07) is 27.8. The third-order valence-corrected chi connectivity index (χ3v) is 5.29. The van der Waals surface area contributed by atoms with E-state index in [-0.39, 0.29) is 12.3 Å². The van der Waals surface area contributed by atoms with E-state index in [0.717, 1.165) is 32.9 Å². The van der Waals surface area contributed by atoms with E-state index >= 15 is 0 Å². The van der Waals surface area contributed by atoms with Crippen LogP contribution in [0.1, 0.15) is 11.1 Å². The fourth-order valence-corrected chi connectivity index (χ4v) is 3.84. The third kappa shape index (κ3) is 3.44. The molecule has 2 heterocycles. The molecule has 0 unspecified atom stereocenters. The van der Waals surface area contributed by atoms with Gasteiger partial charge < -0.3 is 4.42 Å². The molecule has 0 atom stereocenters. The van der Waals surface area contributed by atoms with Gasteiger partial charge in [-0.25, -0.2) is 4.98 Å². The summed E-state index contributed by atoms with van der Waals surface area (Å²) in [5.74, 6) is 0.622. The highest BCUT2D eigenvalue weighted by molar-refractivity contribution is 6.09. The molecule has 4 nitrogen and oxygen atoms in total. The summed E-state index contributed by atoms with van der Waals surface area (Å²) in [5.41, 5.74) is 2.74. The van der Waals surface area contributed by atoms with Gasteiger partial charge in [0.05, 0.1) is 19.2 Å². The first-order chi connectivity index (χ1) is 14.8. The Hall–Kier alpha value is -3.92. The summed E-state index contributed by atoms with van der Waals surface area (Å²) in [4.78, 5) is 19.6. The largest absolute Gasteiger partial charge is 0.464 e. The number of carbonyl (C=O) groups excluding carboxylic acids is 1. The lowest BCUT2D eigenvalue weighted by Gasteiger charge is -2.22. The fourth-order valence-electron chi connectivity index (χ4n) is 3.84. The van der Waals surface area contributed by atoms with Crippen molar-refractivity contribution in [1.29, 1.82) is 0 Å². The van der Waals surface area contributed by atoms with E-state index in [2.05, 4.69) is 17.1 Å². The number of hydrogen-bond donors (Lipinski definition) is 0. The summed E-state index contributed by atoms with van der Waals surface area (Å²) >= 11 is 0. The molecular weight excluding hydrogens is 372 g/mol. The topological polar surface area (TPSA) is 46.3 Å². The van der Waals surface area contributed by atoms with Gasteiger partial charge in [-0.15, -0.1) is 0 Å². The van der Waals surface area contributed by atoms with Crippen LogP contribution in [0.3, 0.4) is 0 Å². The van der Waals surface area contributed by atoms with E-state index in [1.54, 1.807) is 17.4 Å². The highest BCUT2D eigenvalue weighted by Crippen LogP contribution is 2.30. The van der Waals surface area contributed by atoms with Crippen molar-refractivity contribution in [2.24, 2.45) is 0 Å². The van der Waals surface area contributed by atoms with Crippen molar-refractivity contribution in [3.8, 4) is 0 Å². The molecule has 5 aromatic rings. The Balaban J connectivity index is 1.52. The minimum Gasteiger partial charge on any atom is -0.464 e. The minimum atomic E-state index is -0.0202. The average Bonchev–Trinajstić information content (AvgIpc) is 3.22. The van der Waals surface area contributed by atoms with Gasteiger partial charge in [0.2, 0.25) is 5.91 Å². The number of benzene rings is 3. The Labute approximate surface area is 174 Å². The lowest BCUT2D eigenvalue weighted by atomic mass is 10.0. The van der Waals surface area contributed by atoms with Crippen LogP contribution in [0.2, 0.25) is 0 Å². The number of amides is 1. The van der Waals surface area contributed by atoms with Crippen LogP contribution < -0.4 is 4.90 Å². The molecule has 0 aliphatic heterocycles. The quantitative estimate of drug-likeness (QED) is 0.382. The summed E-state index contributed by atoms with van der Waals surface area (Å²) in [7, 11) is 0. The van der Waals surface area contributed by atoms with Gasteiger partial charge in [-0.3, -0.25) is 9.69 Å². The SMILES string of the molecule is O=C(Cc1coc2ccc3ccccc3c12)N(Cc1ccccc1)c1ccccn1. The van der Waals surface area contributed by atoms with Crippen LogP contribution in [0.4, 0.5) is 5.82 Å². The van der Waals surface area contributed by atoms with E-state index in [1.807, 2.05) is 72.8 Å². The van der Waals surface area contributed by atoms with E-state index in [1.165, 1.54) is 0 Å². The molecule has 4 heteroatoms. The van der Waals surface area contributed by atoms with Crippen LogP contribution in [-0.4, -0.2) is 10.9 Å². The zero-order chi connectivity index (χ0) is 20.3. The number of furan rings is 1. The number of carbonyl (C=O) groups is 1. The van der Waals surface area contributed by atoms with Gasteiger partial charge >= 0.3 is 0 Å². The highest BCUT2D eigenvalue weighted by atomic mass is 16.3. The number of nitrogens with zero attached hydrogens (tertiary/aromatic N) is 2. The van der Waals surface area contributed by atoms with Gasteiger partial charge in [0.15, 0.2) is 0 Å². The Bertz CT molecular complexity index is 1310. The van der Waals surface area contributed by atoms with Gasteiger partial charge in [-0.2, -0.15) is 0 Å². The average molecular weight is 392 g/mol. The molecular formula is C26H20N2O2. The van der Waals surface area contributed by atoms with E-state index in [9.17, 15) is 4.79 Å². The maximum atomic E-state index is 13.4. The van der Waals surface area contributed by atoms with Gasteiger partial charge in [0, 0.05) is 17.1 Å². The number of rotatable bonds is 5. The van der Waals surface area contributed by atoms with E-state index in [4.69, 9.17) is 4.42 Å². The van der Waals surface area contributed by atoms with Crippen molar-refractivity contribution in [1.82, 2.24) is 4.98 Å². The lowest BCUT2D eigenvalue weighted by molar-refractivity contribution is -0.118. The van der Waals surface area contributed by atoms with Crippen molar-refractivity contribution in [2.75, 3.05) is 4.90 Å². The zero-order valence-electron chi connectivity index (χ0n) is 16.4. The standard InChI is InChI=1S/C26H20N2O2/c29-25(28(24-12-6-7-15-27-24)17-19-8-2-1-3-9-19)16-21-18-30-23-14-13-20-10-4-5-11-22(20)26(21)23/h1-15,18H,16-17H2. The molecule has 0 saturated carbocycles. The number of hydrogen-bond acceptors (Lipinski definition) is 3. The molecule has 0 aliphatic rings. The second kappa shape index (κ2) is 7.84. The fraction of sp³-hybridized carbons (Fsp3) is 0.0769. The van der Waals surface area contributed by atoms with E-state index in [0.29, 0.717) is 12.4 Å². The Kier molecular flexibility index (Phi) is 4.74. The first kappa shape index (κ1) is 18.1. The molecule has 0 bridgehead atoms.